The highest BCUT2D eigenvalue weighted by atomic mass is 16.2. The van der Waals surface area contributed by atoms with Gasteiger partial charge >= 0.3 is 0 Å². The molecule has 1 aliphatic heterocycles. The number of hydrogen-bond acceptors (Lipinski definition) is 3. The highest BCUT2D eigenvalue weighted by molar-refractivity contribution is 5.92. The van der Waals surface area contributed by atoms with Gasteiger partial charge in [0.2, 0.25) is 11.8 Å². The summed E-state index contributed by atoms with van der Waals surface area (Å²) >= 11 is 0. The van der Waals surface area contributed by atoms with Gasteiger partial charge in [-0.1, -0.05) is 54.6 Å². The average molecular weight is 431 g/mol. The van der Waals surface area contributed by atoms with Crippen molar-refractivity contribution in [1.82, 2.24) is 20.0 Å². The zero-order valence-corrected chi connectivity index (χ0v) is 18.8. The Morgan fingerprint density at radius 2 is 1.81 bits per heavy atom. The van der Waals surface area contributed by atoms with Gasteiger partial charge in [-0.3, -0.25) is 14.3 Å². The van der Waals surface area contributed by atoms with Crippen LogP contribution in [0.15, 0.2) is 66.9 Å². The molecule has 0 radical (unpaired) electrons. The van der Waals surface area contributed by atoms with Crippen LogP contribution in [0.1, 0.15) is 31.0 Å². The maximum atomic E-state index is 13.6. The lowest BCUT2D eigenvalue weighted by Gasteiger charge is -2.37. The molecule has 0 bridgehead atoms. The van der Waals surface area contributed by atoms with E-state index in [9.17, 15) is 9.59 Å². The first-order chi connectivity index (χ1) is 15.5. The van der Waals surface area contributed by atoms with Crippen LogP contribution in [-0.2, 0) is 22.6 Å². The maximum Gasteiger partial charge on any atom is 0.246 e. The smallest absolute Gasteiger partial charge is 0.246 e. The van der Waals surface area contributed by atoms with Gasteiger partial charge in [0.25, 0.3) is 0 Å². The van der Waals surface area contributed by atoms with Crippen molar-refractivity contribution in [2.75, 3.05) is 13.1 Å². The van der Waals surface area contributed by atoms with Gasteiger partial charge in [-0.15, -0.1) is 0 Å². The van der Waals surface area contributed by atoms with Crippen LogP contribution in [-0.4, -0.2) is 45.1 Å². The summed E-state index contributed by atoms with van der Waals surface area (Å²) in [5.74, 6) is -0.144. The van der Waals surface area contributed by atoms with E-state index in [2.05, 4.69) is 34.7 Å². The second kappa shape index (κ2) is 9.39. The van der Waals surface area contributed by atoms with Crippen LogP contribution in [0.2, 0.25) is 0 Å². The Balaban J connectivity index is 1.60. The second-order valence-electron chi connectivity index (χ2n) is 8.48. The van der Waals surface area contributed by atoms with Crippen molar-refractivity contribution in [3.8, 4) is 11.1 Å². The molecule has 1 saturated heterocycles. The molecule has 4 rings (SSSR count). The Morgan fingerprint density at radius 1 is 1.06 bits per heavy atom. The topological polar surface area (TPSA) is 67.2 Å². The van der Waals surface area contributed by atoms with Gasteiger partial charge in [0.1, 0.15) is 5.54 Å². The number of nitrogens with one attached hydrogen (secondary N) is 1. The maximum absolute atomic E-state index is 13.6. The fourth-order valence-corrected chi connectivity index (χ4v) is 4.76. The van der Waals surface area contributed by atoms with Crippen LogP contribution >= 0.6 is 0 Å². The summed E-state index contributed by atoms with van der Waals surface area (Å²) in [5.41, 5.74) is 3.35. The summed E-state index contributed by atoms with van der Waals surface area (Å²) in [6, 6.07) is 20.3. The summed E-state index contributed by atoms with van der Waals surface area (Å²) < 4.78 is 1.82. The molecule has 2 amide bonds. The zero-order valence-electron chi connectivity index (χ0n) is 18.8. The summed E-state index contributed by atoms with van der Waals surface area (Å²) in [6.07, 6.45) is 3.87. The van der Waals surface area contributed by atoms with Crippen molar-refractivity contribution in [3.05, 3.63) is 78.1 Å². The number of benzene rings is 2. The molecule has 3 aromatic rings. The van der Waals surface area contributed by atoms with Crippen LogP contribution < -0.4 is 5.32 Å². The molecule has 6 heteroatoms. The SMILES string of the molecule is CC(=O)N1CCCC1(Cc1ccccc1-c1ccccc1)C(=O)NCCn1ccc(C)n1. The molecule has 0 saturated carbocycles. The van der Waals surface area contributed by atoms with Crippen LogP contribution in [0, 0.1) is 6.92 Å². The van der Waals surface area contributed by atoms with E-state index in [-0.39, 0.29) is 11.8 Å². The number of nitrogens with zero attached hydrogens (tertiary/aromatic N) is 3. The van der Waals surface area contributed by atoms with Crippen LogP contribution in [0.4, 0.5) is 0 Å². The minimum Gasteiger partial charge on any atom is -0.352 e. The molecule has 1 fully saturated rings. The number of hydrogen-bond donors (Lipinski definition) is 1. The Labute approximate surface area is 189 Å². The van der Waals surface area contributed by atoms with Crippen molar-refractivity contribution in [2.24, 2.45) is 0 Å². The largest absolute Gasteiger partial charge is 0.352 e. The number of carbonyl (C=O) groups is 2. The minimum atomic E-state index is -0.878. The van der Waals surface area contributed by atoms with E-state index >= 15 is 0 Å². The van der Waals surface area contributed by atoms with Gasteiger partial charge in [-0.05, 0) is 42.5 Å². The molecule has 166 valence electrons. The van der Waals surface area contributed by atoms with Crippen molar-refractivity contribution >= 4 is 11.8 Å². The number of carbonyl (C=O) groups excluding carboxylic acids is 2. The first kappa shape index (κ1) is 21.8. The molecule has 0 spiro atoms. The van der Waals surface area contributed by atoms with E-state index in [1.54, 1.807) is 11.8 Å². The molecule has 1 N–H and O–H groups in total. The predicted octanol–water partition coefficient (Wildman–Crippen LogP) is 3.60. The van der Waals surface area contributed by atoms with Crippen molar-refractivity contribution < 1.29 is 9.59 Å². The lowest BCUT2D eigenvalue weighted by molar-refractivity contribution is -0.143. The molecular weight excluding hydrogens is 400 g/mol. The number of aromatic nitrogens is 2. The van der Waals surface area contributed by atoms with Crippen LogP contribution in [0.3, 0.4) is 0 Å². The first-order valence-corrected chi connectivity index (χ1v) is 11.2. The van der Waals surface area contributed by atoms with Gasteiger partial charge in [0.05, 0.1) is 12.2 Å². The average Bonchev–Trinajstić information content (AvgIpc) is 3.41. The van der Waals surface area contributed by atoms with Crippen LogP contribution in [0.5, 0.6) is 0 Å². The van der Waals surface area contributed by atoms with Gasteiger partial charge in [0.15, 0.2) is 0 Å². The third-order valence-electron chi connectivity index (χ3n) is 6.28. The van der Waals surface area contributed by atoms with Crippen LogP contribution in [0.25, 0.3) is 11.1 Å². The molecule has 1 atom stereocenters. The van der Waals surface area contributed by atoms with E-state index in [1.165, 1.54) is 0 Å². The highest BCUT2D eigenvalue weighted by Gasteiger charge is 2.48. The molecule has 0 aliphatic carbocycles. The zero-order chi connectivity index (χ0) is 22.6. The second-order valence-corrected chi connectivity index (χ2v) is 8.48. The first-order valence-electron chi connectivity index (χ1n) is 11.2. The lowest BCUT2D eigenvalue weighted by atomic mass is 9.84. The van der Waals surface area contributed by atoms with Gasteiger partial charge < -0.3 is 10.2 Å². The fraction of sp³-hybridized carbons (Fsp3) is 0.346. The molecule has 32 heavy (non-hydrogen) atoms. The third kappa shape index (κ3) is 4.44. The van der Waals surface area contributed by atoms with E-state index in [1.807, 2.05) is 54.2 Å². The third-order valence-corrected chi connectivity index (χ3v) is 6.28. The Hall–Kier alpha value is -3.41. The Kier molecular flexibility index (Phi) is 6.40. The van der Waals surface area contributed by atoms with Crippen molar-refractivity contribution in [3.63, 3.8) is 0 Å². The van der Waals surface area contributed by atoms with Crippen molar-refractivity contribution in [2.45, 2.75) is 45.2 Å². The fourth-order valence-electron chi connectivity index (χ4n) is 4.76. The Bertz CT molecular complexity index is 1090. The van der Waals surface area contributed by atoms with E-state index in [0.29, 0.717) is 32.5 Å². The minimum absolute atomic E-state index is 0.0578. The van der Waals surface area contributed by atoms with E-state index < -0.39 is 5.54 Å². The molecule has 2 aromatic carbocycles. The number of likely N-dealkylation sites (tertiary alicyclic amines) is 1. The molecule has 1 unspecified atom stereocenters. The quantitative estimate of drug-likeness (QED) is 0.623. The predicted molar refractivity (Wildman–Crippen MR) is 125 cm³/mol. The molecule has 1 aromatic heterocycles. The lowest BCUT2D eigenvalue weighted by Crippen LogP contribution is -2.58. The summed E-state index contributed by atoms with van der Waals surface area (Å²) in [6.45, 7) is 5.17. The summed E-state index contributed by atoms with van der Waals surface area (Å²) in [4.78, 5) is 27.9. The van der Waals surface area contributed by atoms with Crippen molar-refractivity contribution in [1.29, 1.82) is 0 Å². The van der Waals surface area contributed by atoms with E-state index in [0.717, 1.165) is 28.8 Å². The standard InChI is InChI=1S/C26H30N4O2/c1-20-13-17-29(28-20)18-15-27-25(32)26(14-8-16-30(26)21(2)31)19-23-11-6-7-12-24(23)22-9-4-3-5-10-22/h3-7,9-13,17H,8,14-16,18-19H2,1-2H3,(H,27,32). The van der Waals surface area contributed by atoms with Gasteiger partial charge in [0, 0.05) is 32.6 Å². The van der Waals surface area contributed by atoms with Gasteiger partial charge in [-0.2, -0.15) is 5.10 Å². The summed E-state index contributed by atoms with van der Waals surface area (Å²) in [7, 11) is 0. The number of aryl methyl sites for hydroxylation is 1. The number of rotatable bonds is 7. The normalized spacial score (nSPS) is 18.0. The molecule has 2 heterocycles. The Morgan fingerprint density at radius 3 is 2.53 bits per heavy atom. The number of amides is 2. The molecule has 1 aliphatic rings. The van der Waals surface area contributed by atoms with Gasteiger partial charge in [-0.25, -0.2) is 0 Å². The summed E-state index contributed by atoms with van der Waals surface area (Å²) in [5, 5.41) is 7.47. The highest BCUT2D eigenvalue weighted by Crippen LogP contribution is 2.36. The monoisotopic (exact) mass is 430 g/mol. The molecule has 6 nitrogen and oxygen atoms in total. The molecular formula is C26H30N4O2. The van der Waals surface area contributed by atoms with E-state index in [4.69, 9.17) is 0 Å².